The summed E-state index contributed by atoms with van der Waals surface area (Å²) in [6, 6.07) is 1.44. The molecule has 0 heterocycles. The first-order chi connectivity index (χ1) is 10.3. The number of rotatable bonds is 5. The van der Waals surface area contributed by atoms with E-state index in [1.54, 1.807) is 6.92 Å². The SMILES string of the molecule is CC.CCCC1(C(=O)O)C=CC(C#N)(C(=O)O)C(C(=O)O)=C1. The Morgan fingerprint density at radius 1 is 1.14 bits per heavy atom. The molecule has 0 spiro atoms. The van der Waals surface area contributed by atoms with Crippen LogP contribution in [0.25, 0.3) is 0 Å². The van der Waals surface area contributed by atoms with E-state index in [1.807, 2.05) is 13.8 Å². The van der Waals surface area contributed by atoms with Gasteiger partial charge in [0.05, 0.1) is 11.6 Å². The molecule has 0 aliphatic heterocycles. The molecule has 120 valence electrons. The summed E-state index contributed by atoms with van der Waals surface area (Å²) in [5.41, 5.74) is -4.71. The lowest BCUT2D eigenvalue weighted by Gasteiger charge is -2.31. The van der Waals surface area contributed by atoms with Crippen molar-refractivity contribution in [1.82, 2.24) is 0 Å². The molecule has 0 aromatic rings. The van der Waals surface area contributed by atoms with E-state index < -0.39 is 34.3 Å². The molecular formula is C15H19NO6. The van der Waals surface area contributed by atoms with E-state index in [0.29, 0.717) is 6.42 Å². The second-order valence-electron chi connectivity index (χ2n) is 4.52. The molecule has 0 radical (unpaired) electrons. The molecule has 3 N–H and O–H groups in total. The monoisotopic (exact) mass is 309 g/mol. The van der Waals surface area contributed by atoms with Crippen molar-refractivity contribution in [2.45, 2.75) is 33.6 Å². The van der Waals surface area contributed by atoms with Crippen LogP contribution in [0.5, 0.6) is 0 Å². The molecule has 0 aromatic carbocycles. The topological polar surface area (TPSA) is 136 Å². The molecule has 0 saturated carbocycles. The highest BCUT2D eigenvalue weighted by molar-refractivity contribution is 6.02. The Kier molecular flexibility index (Phi) is 6.52. The zero-order chi connectivity index (χ0) is 17.6. The molecule has 1 aliphatic rings. The van der Waals surface area contributed by atoms with Gasteiger partial charge in [-0.25, -0.2) is 9.59 Å². The zero-order valence-electron chi connectivity index (χ0n) is 12.7. The van der Waals surface area contributed by atoms with Gasteiger partial charge in [0, 0.05) is 0 Å². The third-order valence-corrected chi connectivity index (χ3v) is 3.26. The lowest BCUT2D eigenvalue weighted by Crippen LogP contribution is -2.40. The minimum atomic E-state index is -2.36. The van der Waals surface area contributed by atoms with Crippen molar-refractivity contribution in [3.8, 4) is 6.07 Å². The number of carbonyl (C=O) groups is 3. The number of nitrogens with zero attached hydrogens (tertiary/aromatic N) is 1. The maximum absolute atomic E-state index is 11.4. The van der Waals surface area contributed by atoms with Gasteiger partial charge in [0.15, 0.2) is 0 Å². The van der Waals surface area contributed by atoms with Gasteiger partial charge in [0.2, 0.25) is 5.41 Å². The smallest absolute Gasteiger partial charge is 0.333 e. The molecule has 22 heavy (non-hydrogen) atoms. The number of nitriles is 1. The summed E-state index contributed by atoms with van der Waals surface area (Å²) in [5.74, 6) is -4.56. The lowest BCUT2D eigenvalue weighted by atomic mass is 9.68. The summed E-state index contributed by atoms with van der Waals surface area (Å²) in [5, 5.41) is 36.6. The van der Waals surface area contributed by atoms with Crippen LogP contribution in [0.4, 0.5) is 0 Å². The standard InChI is InChI=1S/C13H13NO6.C2H6/c1-2-3-12(10(17)18)4-5-13(7-14,11(19)20)8(6-12)9(15)16;1-2/h4-6H,2-3H2,1H3,(H,15,16)(H,17,18)(H,19,20);1-2H3. The molecule has 0 aromatic heterocycles. The van der Waals surface area contributed by atoms with Crippen molar-refractivity contribution < 1.29 is 29.7 Å². The van der Waals surface area contributed by atoms with E-state index in [-0.39, 0.29) is 6.42 Å². The molecule has 2 unspecified atom stereocenters. The first-order valence-corrected chi connectivity index (χ1v) is 6.81. The predicted molar refractivity (Wildman–Crippen MR) is 76.9 cm³/mol. The van der Waals surface area contributed by atoms with E-state index in [4.69, 9.17) is 15.5 Å². The molecule has 1 rings (SSSR count). The molecule has 2 atom stereocenters. The maximum atomic E-state index is 11.4. The number of aliphatic carboxylic acids is 3. The summed E-state index contributed by atoms with van der Waals surface area (Å²) in [4.78, 5) is 33.9. The van der Waals surface area contributed by atoms with Crippen LogP contribution >= 0.6 is 0 Å². The summed E-state index contributed by atoms with van der Waals surface area (Å²) in [6.45, 7) is 5.72. The number of carboxylic acids is 3. The van der Waals surface area contributed by atoms with E-state index in [2.05, 4.69) is 0 Å². The van der Waals surface area contributed by atoms with Gasteiger partial charge in [-0.05, 0) is 6.42 Å². The van der Waals surface area contributed by atoms with E-state index >= 15 is 0 Å². The highest BCUT2D eigenvalue weighted by Gasteiger charge is 2.50. The fraction of sp³-hybridized carbons (Fsp3) is 0.467. The molecule has 0 saturated heterocycles. The van der Waals surface area contributed by atoms with Crippen LogP contribution in [0.1, 0.15) is 33.6 Å². The second-order valence-corrected chi connectivity index (χ2v) is 4.52. The van der Waals surface area contributed by atoms with E-state index in [9.17, 15) is 19.5 Å². The van der Waals surface area contributed by atoms with Crippen LogP contribution in [-0.4, -0.2) is 33.2 Å². The van der Waals surface area contributed by atoms with Crippen molar-refractivity contribution in [3.63, 3.8) is 0 Å². The highest BCUT2D eigenvalue weighted by Crippen LogP contribution is 2.42. The van der Waals surface area contributed by atoms with Crippen LogP contribution in [0.3, 0.4) is 0 Å². The van der Waals surface area contributed by atoms with Gasteiger partial charge >= 0.3 is 17.9 Å². The molecule has 1 aliphatic carbocycles. The summed E-state index contributed by atoms with van der Waals surface area (Å²) >= 11 is 0. The normalized spacial score (nSPS) is 26.0. The van der Waals surface area contributed by atoms with Gasteiger partial charge < -0.3 is 15.3 Å². The van der Waals surface area contributed by atoms with Crippen LogP contribution in [0.2, 0.25) is 0 Å². The van der Waals surface area contributed by atoms with Gasteiger partial charge in [0.25, 0.3) is 0 Å². The Hall–Kier alpha value is -2.62. The largest absolute Gasteiger partial charge is 0.480 e. The van der Waals surface area contributed by atoms with Crippen molar-refractivity contribution in [2.75, 3.05) is 0 Å². The van der Waals surface area contributed by atoms with Crippen LogP contribution in [-0.2, 0) is 14.4 Å². The molecular weight excluding hydrogens is 290 g/mol. The van der Waals surface area contributed by atoms with E-state index in [0.717, 1.165) is 18.2 Å². The summed E-state index contributed by atoms with van der Waals surface area (Å²) in [6.07, 6.45) is 3.35. The Labute approximate surface area is 128 Å². The Morgan fingerprint density at radius 3 is 2.00 bits per heavy atom. The fourth-order valence-electron chi connectivity index (χ4n) is 2.15. The molecule has 0 amide bonds. The van der Waals surface area contributed by atoms with Gasteiger partial charge in [-0.3, -0.25) is 4.79 Å². The van der Waals surface area contributed by atoms with Crippen LogP contribution in [0, 0.1) is 22.2 Å². The molecule has 7 nitrogen and oxygen atoms in total. The number of hydrogen-bond acceptors (Lipinski definition) is 4. The first kappa shape index (κ1) is 19.4. The van der Waals surface area contributed by atoms with Crippen molar-refractivity contribution >= 4 is 17.9 Å². The number of carboxylic acid groups (broad SMARTS) is 3. The highest BCUT2D eigenvalue weighted by atomic mass is 16.4. The summed E-state index contributed by atoms with van der Waals surface area (Å²) in [7, 11) is 0. The summed E-state index contributed by atoms with van der Waals surface area (Å²) < 4.78 is 0. The van der Waals surface area contributed by atoms with Gasteiger partial charge in [-0.15, -0.1) is 0 Å². The first-order valence-electron chi connectivity index (χ1n) is 6.81. The molecule has 7 heteroatoms. The fourth-order valence-corrected chi connectivity index (χ4v) is 2.15. The Balaban J connectivity index is 0.00000211. The predicted octanol–water partition coefficient (Wildman–Crippen LogP) is 2.06. The molecule has 0 fully saturated rings. The van der Waals surface area contributed by atoms with E-state index in [1.165, 1.54) is 6.07 Å². The van der Waals surface area contributed by atoms with Crippen molar-refractivity contribution in [3.05, 3.63) is 23.8 Å². The number of hydrogen-bond donors (Lipinski definition) is 3. The van der Waals surface area contributed by atoms with Gasteiger partial charge in [-0.2, -0.15) is 5.26 Å². The van der Waals surface area contributed by atoms with Gasteiger partial charge in [0.1, 0.15) is 5.41 Å². The average molecular weight is 309 g/mol. The maximum Gasteiger partial charge on any atom is 0.333 e. The van der Waals surface area contributed by atoms with Crippen LogP contribution < -0.4 is 0 Å². The quantitative estimate of drug-likeness (QED) is 0.661. The third kappa shape index (κ3) is 3.17. The Bertz CT molecular complexity index is 571. The van der Waals surface area contributed by atoms with Crippen LogP contribution in [0.15, 0.2) is 23.8 Å². The third-order valence-electron chi connectivity index (χ3n) is 3.26. The lowest BCUT2D eigenvalue weighted by molar-refractivity contribution is -0.147. The van der Waals surface area contributed by atoms with Crippen molar-refractivity contribution in [2.24, 2.45) is 10.8 Å². The second kappa shape index (κ2) is 7.41. The Morgan fingerprint density at radius 2 is 1.68 bits per heavy atom. The molecule has 0 bridgehead atoms. The minimum absolute atomic E-state index is 0.108. The average Bonchev–Trinajstić information content (AvgIpc) is 2.49. The zero-order valence-corrected chi connectivity index (χ0v) is 12.7. The van der Waals surface area contributed by atoms with Gasteiger partial charge in [-0.1, -0.05) is 45.4 Å². The van der Waals surface area contributed by atoms with Crippen molar-refractivity contribution in [1.29, 1.82) is 5.26 Å². The minimum Gasteiger partial charge on any atom is -0.480 e.